The van der Waals surface area contributed by atoms with E-state index >= 15 is 0 Å². The van der Waals surface area contributed by atoms with Gasteiger partial charge in [-0.25, -0.2) is 4.98 Å². The molecule has 0 unspecified atom stereocenters. The van der Waals surface area contributed by atoms with Crippen LogP contribution in [0.4, 0.5) is 0 Å². The van der Waals surface area contributed by atoms with E-state index in [2.05, 4.69) is 95.8 Å². The Balaban J connectivity index is 1.76. The fourth-order valence-electron chi connectivity index (χ4n) is 4.02. The zero-order chi connectivity index (χ0) is 20.7. The maximum atomic E-state index is 4.88. The standard InChI is InChI=1S/C24H24N6/c1-4-29-14-20(13-18-9-5-16(2)6-10-18)22-21(15-29)23(19-11-7-17(3)8-12-19)30-24(25-22)26-27-28-30/h5-13H,4,14-15H2,1-3H3/b20-13-. The molecule has 30 heavy (non-hydrogen) atoms. The van der Waals surface area contributed by atoms with E-state index in [0.717, 1.165) is 36.6 Å². The van der Waals surface area contributed by atoms with Gasteiger partial charge in [0.1, 0.15) is 0 Å². The molecule has 0 atom stereocenters. The lowest BCUT2D eigenvalue weighted by molar-refractivity contribution is 0.307. The van der Waals surface area contributed by atoms with Crippen LogP contribution in [0.5, 0.6) is 0 Å². The summed E-state index contributed by atoms with van der Waals surface area (Å²) in [5.74, 6) is 0.532. The van der Waals surface area contributed by atoms with Crippen LogP contribution in [0.15, 0.2) is 48.5 Å². The fraction of sp³-hybridized carbons (Fsp3) is 0.250. The normalized spacial score (nSPS) is 15.6. The minimum absolute atomic E-state index is 0.532. The maximum Gasteiger partial charge on any atom is 0.274 e. The molecule has 0 radical (unpaired) electrons. The lowest BCUT2D eigenvalue weighted by atomic mass is 9.94. The molecule has 1 aliphatic heterocycles. The van der Waals surface area contributed by atoms with Gasteiger partial charge in [-0.15, -0.1) is 0 Å². The first-order valence-electron chi connectivity index (χ1n) is 10.3. The third-order valence-corrected chi connectivity index (χ3v) is 5.72. The van der Waals surface area contributed by atoms with Crippen LogP contribution in [-0.4, -0.2) is 43.0 Å². The number of likely N-dealkylation sites (N-methyl/N-ethyl adjacent to an activating group) is 1. The van der Waals surface area contributed by atoms with Crippen molar-refractivity contribution in [3.63, 3.8) is 0 Å². The molecule has 6 nitrogen and oxygen atoms in total. The average Bonchev–Trinajstić information content (AvgIpc) is 3.23. The van der Waals surface area contributed by atoms with E-state index in [1.165, 1.54) is 27.8 Å². The van der Waals surface area contributed by atoms with Gasteiger partial charge in [0.25, 0.3) is 5.78 Å². The fourth-order valence-corrected chi connectivity index (χ4v) is 4.02. The lowest BCUT2D eigenvalue weighted by Gasteiger charge is -2.30. The van der Waals surface area contributed by atoms with Gasteiger partial charge >= 0.3 is 0 Å². The van der Waals surface area contributed by atoms with Crippen molar-refractivity contribution in [2.24, 2.45) is 0 Å². The van der Waals surface area contributed by atoms with E-state index in [-0.39, 0.29) is 0 Å². The summed E-state index contributed by atoms with van der Waals surface area (Å²) in [4.78, 5) is 7.30. The van der Waals surface area contributed by atoms with Crippen LogP contribution in [0.25, 0.3) is 28.7 Å². The zero-order valence-corrected chi connectivity index (χ0v) is 17.5. The minimum atomic E-state index is 0.532. The SMILES string of the molecule is CCN1C/C(=C/c2ccc(C)cc2)c2nc3nnnn3c(-c3ccc(C)cc3)c2C1. The first kappa shape index (κ1) is 18.6. The summed E-state index contributed by atoms with van der Waals surface area (Å²) >= 11 is 0. The van der Waals surface area contributed by atoms with Crippen molar-refractivity contribution < 1.29 is 0 Å². The summed E-state index contributed by atoms with van der Waals surface area (Å²) in [7, 11) is 0. The number of benzene rings is 2. The van der Waals surface area contributed by atoms with E-state index in [9.17, 15) is 0 Å². The number of fused-ring (bicyclic) bond motifs is 2. The minimum Gasteiger partial charge on any atom is -0.295 e. The van der Waals surface area contributed by atoms with E-state index in [4.69, 9.17) is 4.98 Å². The van der Waals surface area contributed by atoms with Crippen LogP contribution in [0.3, 0.4) is 0 Å². The molecule has 2 aromatic heterocycles. The molecule has 0 amide bonds. The van der Waals surface area contributed by atoms with Crippen molar-refractivity contribution in [1.82, 2.24) is 29.9 Å². The summed E-state index contributed by atoms with van der Waals surface area (Å²) in [5.41, 5.74) is 9.15. The third-order valence-electron chi connectivity index (χ3n) is 5.72. The molecule has 0 N–H and O–H groups in total. The van der Waals surface area contributed by atoms with Crippen LogP contribution in [0, 0.1) is 13.8 Å². The van der Waals surface area contributed by atoms with Gasteiger partial charge in [0.05, 0.1) is 11.4 Å². The Labute approximate surface area is 175 Å². The predicted octanol–water partition coefficient (Wildman–Crippen LogP) is 4.18. The highest BCUT2D eigenvalue weighted by Gasteiger charge is 2.27. The number of tetrazole rings is 1. The molecule has 1 aliphatic rings. The lowest BCUT2D eigenvalue weighted by Crippen LogP contribution is -2.31. The highest BCUT2D eigenvalue weighted by atomic mass is 15.5. The maximum absolute atomic E-state index is 4.88. The van der Waals surface area contributed by atoms with Gasteiger partial charge in [-0.05, 0) is 48.0 Å². The largest absolute Gasteiger partial charge is 0.295 e. The van der Waals surface area contributed by atoms with Gasteiger partial charge in [-0.3, -0.25) is 4.90 Å². The van der Waals surface area contributed by atoms with E-state index in [1.807, 2.05) is 0 Å². The Bertz CT molecular complexity index is 1240. The van der Waals surface area contributed by atoms with E-state index in [0.29, 0.717) is 5.78 Å². The van der Waals surface area contributed by atoms with Crippen LogP contribution in [0.2, 0.25) is 0 Å². The Hall–Kier alpha value is -3.38. The molecular weight excluding hydrogens is 372 g/mol. The molecule has 150 valence electrons. The Morgan fingerprint density at radius 2 is 1.63 bits per heavy atom. The Kier molecular flexibility index (Phi) is 4.64. The Morgan fingerprint density at radius 3 is 2.33 bits per heavy atom. The molecule has 0 spiro atoms. The summed E-state index contributed by atoms with van der Waals surface area (Å²) < 4.78 is 1.77. The van der Waals surface area contributed by atoms with Gasteiger partial charge in [0, 0.05) is 24.2 Å². The zero-order valence-electron chi connectivity index (χ0n) is 17.5. The van der Waals surface area contributed by atoms with E-state index < -0.39 is 0 Å². The number of hydrogen-bond acceptors (Lipinski definition) is 5. The van der Waals surface area contributed by atoms with Crippen molar-refractivity contribution in [3.8, 4) is 11.3 Å². The average molecular weight is 396 g/mol. The predicted molar refractivity (Wildman–Crippen MR) is 119 cm³/mol. The molecule has 0 saturated carbocycles. The summed E-state index contributed by atoms with van der Waals surface area (Å²) in [6.07, 6.45) is 2.24. The first-order chi connectivity index (χ1) is 14.6. The summed E-state index contributed by atoms with van der Waals surface area (Å²) in [6, 6.07) is 17.1. The first-order valence-corrected chi connectivity index (χ1v) is 10.3. The molecule has 6 heteroatoms. The molecule has 0 saturated heterocycles. The monoisotopic (exact) mass is 396 g/mol. The summed E-state index contributed by atoms with van der Waals surface area (Å²) in [6.45, 7) is 9.04. The van der Waals surface area contributed by atoms with Gasteiger partial charge in [-0.2, -0.15) is 4.52 Å². The highest BCUT2D eigenvalue weighted by molar-refractivity contribution is 5.86. The second-order valence-corrected chi connectivity index (χ2v) is 7.93. The van der Waals surface area contributed by atoms with Crippen LogP contribution in [-0.2, 0) is 6.54 Å². The number of aryl methyl sites for hydroxylation is 2. The third kappa shape index (κ3) is 3.29. The van der Waals surface area contributed by atoms with Crippen LogP contribution in [0.1, 0.15) is 34.9 Å². The van der Waals surface area contributed by atoms with Gasteiger partial charge in [0.2, 0.25) is 0 Å². The molecule has 2 aromatic carbocycles. The van der Waals surface area contributed by atoms with Gasteiger partial charge in [0.15, 0.2) is 0 Å². The van der Waals surface area contributed by atoms with E-state index in [1.54, 1.807) is 4.52 Å². The van der Waals surface area contributed by atoms with Crippen molar-refractivity contribution in [2.75, 3.05) is 13.1 Å². The van der Waals surface area contributed by atoms with Crippen LogP contribution >= 0.6 is 0 Å². The van der Waals surface area contributed by atoms with Crippen molar-refractivity contribution in [2.45, 2.75) is 27.3 Å². The summed E-state index contributed by atoms with van der Waals surface area (Å²) in [5, 5.41) is 12.3. The number of hydrogen-bond donors (Lipinski definition) is 0. The second kappa shape index (κ2) is 7.46. The van der Waals surface area contributed by atoms with Crippen molar-refractivity contribution >= 4 is 17.4 Å². The number of nitrogens with zero attached hydrogens (tertiary/aromatic N) is 6. The molecule has 4 aromatic rings. The second-order valence-electron chi connectivity index (χ2n) is 7.93. The van der Waals surface area contributed by atoms with Crippen LogP contribution < -0.4 is 0 Å². The molecule has 0 aliphatic carbocycles. The van der Waals surface area contributed by atoms with Crippen molar-refractivity contribution in [1.29, 1.82) is 0 Å². The highest BCUT2D eigenvalue weighted by Crippen LogP contribution is 2.35. The Morgan fingerprint density at radius 1 is 0.933 bits per heavy atom. The number of aromatic nitrogens is 5. The molecular formula is C24H24N6. The molecule has 3 heterocycles. The van der Waals surface area contributed by atoms with Gasteiger partial charge in [-0.1, -0.05) is 71.7 Å². The topological polar surface area (TPSA) is 59.2 Å². The molecule has 0 fully saturated rings. The van der Waals surface area contributed by atoms with Crippen molar-refractivity contribution in [3.05, 3.63) is 76.5 Å². The molecule has 0 bridgehead atoms. The quantitative estimate of drug-likeness (QED) is 0.520. The smallest absolute Gasteiger partial charge is 0.274 e. The molecule has 5 rings (SSSR count). The number of rotatable bonds is 3. The van der Waals surface area contributed by atoms with Gasteiger partial charge < -0.3 is 0 Å².